The van der Waals surface area contributed by atoms with Gasteiger partial charge in [0.15, 0.2) is 0 Å². The second-order valence-corrected chi connectivity index (χ2v) is 6.54. The van der Waals surface area contributed by atoms with Gasteiger partial charge in [0.25, 0.3) is 5.69 Å². The Labute approximate surface area is 119 Å². The molecule has 0 aromatic heterocycles. The fraction of sp³-hybridized carbons (Fsp3) is 0.600. The van der Waals surface area contributed by atoms with E-state index in [1.807, 2.05) is 12.1 Å². The molecule has 110 valence electrons. The Bertz CT molecular complexity index is 500. The first kappa shape index (κ1) is 14.8. The summed E-state index contributed by atoms with van der Waals surface area (Å²) in [4.78, 5) is 13.2. The van der Waals surface area contributed by atoms with Gasteiger partial charge in [-0.05, 0) is 29.9 Å². The Morgan fingerprint density at radius 3 is 2.40 bits per heavy atom. The number of benzene rings is 1. The van der Waals surface area contributed by atoms with Gasteiger partial charge in [-0.1, -0.05) is 26.8 Å². The van der Waals surface area contributed by atoms with E-state index in [1.165, 1.54) is 0 Å². The second-order valence-electron chi connectivity index (χ2n) is 6.54. The molecule has 1 fully saturated rings. The average molecular weight is 277 g/mol. The zero-order valence-electron chi connectivity index (χ0n) is 12.4. The molecule has 0 aliphatic carbocycles. The number of hydrogen-bond donors (Lipinski definition) is 1. The van der Waals surface area contributed by atoms with Gasteiger partial charge >= 0.3 is 0 Å². The van der Waals surface area contributed by atoms with Crippen LogP contribution in [0.5, 0.6) is 0 Å². The lowest BCUT2D eigenvalue weighted by Crippen LogP contribution is -2.39. The molecular formula is C15H23N3O2. The third-order valence-electron chi connectivity index (χ3n) is 3.92. The van der Waals surface area contributed by atoms with Crippen LogP contribution in [0.2, 0.25) is 0 Å². The van der Waals surface area contributed by atoms with Crippen molar-refractivity contribution in [2.24, 2.45) is 5.73 Å². The zero-order chi connectivity index (χ0) is 14.9. The molecule has 0 amide bonds. The van der Waals surface area contributed by atoms with E-state index in [-0.39, 0.29) is 22.1 Å². The summed E-state index contributed by atoms with van der Waals surface area (Å²) in [5, 5.41) is 11.4. The highest BCUT2D eigenvalue weighted by Crippen LogP contribution is 2.34. The molecule has 1 aliphatic heterocycles. The van der Waals surface area contributed by atoms with E-state index in [9.17, 15) is 10.1 Å². The average Bonchev–Trinajstić information content (AvgIpc) is 2.38. The van der Waals surface area contributed by atoms with Gasteiger partial charge in [-0.15, -0.1) is 0 Å². The number of hydrogen-bond acceptors (Lipinski definition) is 4. The number of nitro groups is 1. The fourth-order valence-electron chi connectivity index (χ4n) is 2.54. The quantitative estimate of drug-likeness (QED) is 0.666. The monoisotopic (exact) mass is 277 g/mol. The largest absolute Gasteiger partial charge is 0.366 e. The third kappa shape index (κ3) is 3.10. The zero-order valence-corrected chi connectivity index (χ0v) is 12.4. The van der Waals surface area contributed by atoms with Crippen LogP contribution >= 0.6 is 0 Å². The SMILES string of the molecule is CC(C)(C)c1ccc(N2CCC(N)CC2)c([N+](=O)[O-])c1. The van der Waals surface area contributed by atoms with Crippen molar-refractivity contribution in [1.82, 2.24) is 0 Å². The third-order valence-corrected chi connectivity index (χ3v) is 3.92. The Morgan fingerprint density at radius 2 is 1.90 bits per heavy atom. The van der Waals surface area contributed by atoms with Crippen molar-refractivity contribution in [2.75, 3.05) is 18.0 Å². The first-order valence-electron chi connectivity index (χ1n) is 7.08. The lowest BCUT2D eigenvalue weighted by atomic mass is 9.86. The Morgan fingerprint density at radius 1 is 1.30 bits per heavy atom. The smallest absolute Gasteiger partial charge is 0.292 e. The summed E-state index contributed by atoms with van der Waals surface area (Å²) in [6, 6.07) is 5.81. The van der Waals surface area contributed by atoms with Crippen LogP contribution in [0, 0.1) is 10.1 Å². The Kier molecular flexibility index (Phi) is 3.99. The highest BCUT2D eigenvalue weighted by Gasteiger charge is 2.25. The van der Waals surface area contributed by atoms with Crippen molar-refractivity contribution in [2.45, 2.75) is 45.1 Å². The predicted octanol–water partition coefficient (Wildman–Crippen LogP) is 2.82. The van der Waals surface area contributed by atoms with Gasteiger partial charge < -0.3 is 10.6 Å². The first-order chi connectivity index (χ1) is 9.29. The molecule has 0 radical (unpaired) electrons. The molecule has 5 heteroatoms. The van der Waals surface area contributed by atoms with Crippen LogP contribution in [0.1, 0.15) is 39.2 Å². The van der Waals surface area contributed by atoms with Gasteiger partial charge in [0, 0.05) is 25.2 Å². The van der Waals surface area contributed by atoms with Gasteiger partial charge in [-0.2, -0.15) is 0 Å². The number of nitrogens with two attached hydrogens (primary N) is 1. The lowest BCUT2D eigenvalue weighted by molar-refractivity contribution is -0.384. The molecule has 0 saturated carbocycles. The molecule has 1 saturated heterocycles. The van der Waals surface area contributed by atoms with Crippen LogP contribution in [0.15, 0.2) is 18.2 Å². The number of nitrogens with zero attached hydrogens (tertiary/aromatic N) is 2. The van der Waals surface area contributed by atoms with Crippen molar-refractivity contribution in [3.8, 4) is 0 Å². The van der Waals surface area contributed by atoms with Crippen LogP contribution in [0.25, 0.3) is 0 Å². The lowest BCUT2D eigenvalue weighted by Gasteiger charge is -2.32. The van der Waals surface area contributed by atoms with Crippen molar-refractivity contribution in [3.63, 3.8) is 0 Å². The summed E-state index contributed by atoms with van der Waals surface area (Å²) in [6.45, 7) is 7.76. The van der Waals surface area contributed by atoms with Gasteiger partial charge in [-0.3, -0.25) is 10.1 Å². The van der Waals surface area contributed by atoms with Gasteiger partial charge in [0.1, 0.15) is 5.69 Å². The van der Waals surface area contributed by atoms with E-state index in [4.69, 9.17) is 5.73 Å². The maximum atomic E-state index is 11.4. The maximum Gasteiger partial charge on any atom is 0.292 e. The van der Waals surface area contributed by atoms with E-state index in [0.29, 0.717) is 0 Å². The van der Waals surface area contributed by atoms with E-state index in [1.54, 1.807) is 6.07 Å². The molecule has 1 aliphatic rings. The summed E-state index contributed by atoms with van der Waals surface area (Å²) in [5.74, 6) is 0. The first-order valence-corrected chi connectivity index (χ1v) is 7.08. The van der Waals surface area contributed by atoms with Gasteiger partial charge in [0.05, 0.1) is 4.92 Å². The van der Waals surface area contributed by atoms with E-state index in [0.717, 1.165) is 37.2 Å². The molecule has 1 aromatic rings. The van der Waals surface area contributed by atoms with Crippen LogP contribution in [0.3, 0.4) is 0 Å². The molecule has 5 nitrogen and oxygen atoms in total. The van der Waals surface area contributed by atoms with Crippen LogP contribution in [0.4, 0.5) is 11.4 Å². The highest BCUT2D eigenvalue weighted by atomic mass is 16.6. The summed E-state index contributed by atoms with van der Waals surface area (Å²) < 4.78 is 0. The fourth-order valence-corrected chi connectivity index (χ4v) is 2.54. The number of anilines is 1. The highest BCUT2D eigenvalue weighted by molar-refractivity contribution is 5.65. The van der Waals surface area contributed by atoms with Crippen LogP contribution in [-0.2, 0) is 5.41 Å². The number of piperidine rings is 1. The van der Waals surface area contributed by atoms with E-state index >= 15 is 0 Å². The molecule has 0 spiro atoms. The summed E-state index contributed by atoms with van der Waals surface area (Å²) in [7, 11) is 0. The molecular weight excluding hydrogens is 254 g/mol. The molecule has 1 heterocycles. The summed E-state index contributed by atoms with van der Waals surface area (Å²) >= 11 is 0. The van der Waals surface area contributed by atoms with Crippen molar-refractivity contribution in [3.05, 3.63) is 33.9 Å². The summed E-state index contributed by atoms with van der Waals surface area (Å²) in [5.41, 5.74) is 7.71. The van der Waals surface area contributed by atoms with Crippen LogP contribution in [-0.4, -0.2) is 24.1 Å². The molecule has 0 atom stereocenters. The van der Waals surface area contributed by atoms with Crippen LogP contribution < -0.4 is 10.6 Å². The Hall–Kier alpha value is -1.62. The van der Waals surface area contributed by atoms with E-state index < -0.39 is 0 Å². The predicted molar refractivity (Wildman–Crippen MR) is 81.2 cm³/mol. The minimum Gasteiger partial charge on any atom is -0.366 e. The normalized spacial score (nSPS) is 17.3. The minimum atomic E-state index is -0.279. The molecule has 0 unspecified atom stereocenters. The number of rotatable bonds is 2. The van der Waals surface area contributed by atoms with Gasteiger partial charge in [0.2, 0.25) is 0 Å². The van der Waals surface area contributed by atoms with Gasteiger partial charge in [-0.25, -0.2) is 0 Å². The molecule has 1 aromatic carbocycles. The Balaban J connectivity index is 2.36. The molecule has 2 rings (SSSR count). The van der Waals surface area contributed by atoms with Crippen molar-refractivity contribution < 1.29 is 4.92 Å². The topological polar surface area (TPSA) is 72.4 Å². The molecule has 20 heavy (non-hydrogen) atoms. The molecule has 2 N–H and O–H groups in total. The minimum absolute atomic E-state index is 0.0897. The standard InChI is InChI=1S/C15H23N3O2/c1-15(2,3)11-4-5-13(14(10-11)18(19)20)17-8-6-12(16)7-9-17/h4-5,10,12H,6-9,16H2,1-3H3. The van der Waals surface area contributed by atoms with E-state index in [2.05, 4.69) is 25.7 Å². The van der Waals surface area contributed by atoms with Crippen molar-refractivity contribution >= 4 is 11.4 Å². The maximum absolute atomic E-state index is 11.4. The summed E-state index contributed by atoms with van der Waals surface area (Å²) in [6.07, 6.45) is 1.77. The second kappa shape index (κ2) is 5.40. The molecule has 0 bridgehead atoms. The van der Waals surface area contributed by atoms with Crippen molar-refractivity contribution in [1.29, 1.82) is 0 Å². The number of nitro benzene ring substituents is 1.